The van der Waals surface area contributed by atoms with Crippen LogP contribution in [0, 0.1) is 11.7 Å². The maximum Gasteiger partial charge on any atom is 0.137 e. The quantitative estimate of drug-likeness (QED) is 0.916. The van der Waals surface area contributed by atoms with Crippen LogP contribution in [0.25, 0.3) is 0 Å². The van der Waals surface area contributed by atoms with Gasteiger partial charge in [0.05, 0.1) is 6.10 Å². The van der Waals surface area contributed by atoms with Crippen LogP contribution >= 0.6 is 0 Å². The first-order chi connectivity index (χ1) is 10.7. The highest BCUT2D eigenvalue weighted by Gasteiger charge is 2.22. The third-order valence-electron chi connectivity index (χ3n) is 4.20. The molecule has 1 aliphatic heterocycles. The first kappa shape index (κ1) is 15.1. The van der Waals surface area contributed by atoms with Crippen LogP contribution in [0.5, 0.6) is 0 Å². The van der Waals surface area contributed by atoms with Crippen molar-refractivity contribution in [3.63, 3.8) is 0 Å². The molecule has 1 N–H and O–H groups in total. The zero-order valence-corrected chi connectivity index (χ0v) is 12.5. The molecule has 0 saturated carbocycles. The number of benzene rings is 1. The maximum atomic E-state index is 12.9. The SMILES string of the molecule is O[C@H](CN1CCC[C@H](Cn2cncn2)C1)c1ccc(F)cc1. The van der Waals surface area contributed by atoms with E-state index >= 15 is 0 Å². The van der Waals surface area contributed by atoms with Gasteiger partial charge in [0.25, 0.3) is 0 Å². The van der Waals surface area contributed by atoms with E-state index in [0.717, 1.165) is 31.6 Å². The average Bonchev–Trinajstić information content (AvgIpc) is 3.01. The number of halogens is 1. The van der Waals surface area contributed by atoms with Crippen molar-refractivity contribution in [2.24, 2.45) is 5.92 Å². The smallest absolute Gasteiger partial charge is 0.137 e. The number of piperidine rings is 1. The van der Waals surface area contributed by atoms with Crippen LogP contribution in [0.4, 0.5) is 4.39 Å². The fourth-order valence-electron chi connectivity index (χ4n) is 3.09. The predicted octanol–water partition coefficient (Wildman–Crippen LogP) is 1.86. The summed E-state index contributed by atoms with van der Waals surface area (Å²) >= 11 is 0. The van der Waals surface area contributed by atoms with Crippen molar-refractivity contribution < 1.29 is 9.50 Å². The fraction of sp³-hybridized carbons (Fsp3) is 0.500. The lowest BCUT2D eigenvalue weighted by Crippen LogP contribution is -2.39. The van der Waals surface area contributed by atoms with E-state index in [0.29, 0.717) is 12.5 Å². The Balaban J connectivity index is 1.54. The normalized spacial score (nSPS) is 20.9. The Hall–Kier alpha value is -1.79. The topological polar surface area (TPSA) is 54.2 Å². The van der Waals surface area contributed by atoms with E-state index in [1.54, 1.807) is 24.8 Å². The van der Waals surface area contributed by atoms with Gasteiger partial charge < -0.3 is 10.0 Å². The van der Waals surface area contributed by atoms with Gasteiger partial charge in [0, 0.05) is 19.6 Å². The summed E-state index contributed by atoms with van der Waals surface area (Å²) in [5, 5.41) is 14.5. The van der Waals surface area contributed by atoms with Gasteiger partial charge in [-0.2, -0.15) is 5.10 Å². The van der Waals surface area contributed by atoms with Gasteiger partial charge in [0.2, 0.25) is 0 Å². The highest BCUT2D eigenvalue weighted by molar-refractivity contribution is 5.18. The summed E-state index contributed by atoms with van der Waals surface area (Å²) in [5.41, 5.74) is 0.764. The van der Waals surface area contributed by atoms with E-state index in [4.69, 9.17) is 0 Å². The van der Waals surface area contributed by atoms with E-state index in [2.05, 4.69) is 15.0 Å². The number of β-amino-alcohol motifs (C(OH)–C–C–N with tert-alkyl or cyclic N) is 1. The predicted molar refractivity (Wildman–Crippen MR) is 80.5 cm³/mol. The van der Waals surface area contributed by atoms with Gasteiger partial charge in [0.1, 0.15) is 18.5 Å². The molecule has 2 heterocycles. The molecule has 1 aromatic heterocycles. The first-order valence-corrected chi connectivity index (χ1v) is 7.69. The van der Waals surface area contributed by atoms with Crippen molar-refractivity contribution in [3.8, 4) is 0 Å². The molecule has 22 heavy (non-hydrogen) atoms. The lowest BCUT2D eigenvalue weighted by molar-refractivity contribution is 0.0799. The van der Waals surface area contributed by atoms with Crippen molar-refractivity contribution in [2.75, 3.05) is 19.6 Å². The second-order valence-corrected chi connectivity index (χ2v) is 5.95. The molecule has 1 fully saturated rings. The Morgan fingerprint density at radius 1 is 1.32 bits per heavy atom. The molecule has 2 atom stereocenters. The standard InChI is InChI=1S/C16H21FN4O/c17-15-5-3-14(4-6-15)16(22)10-20-7-1-2-13(8-20)9-21-12-18-11-19-21/h3-6,11-13,16,22H,1-2,7-10H2/t13-,16+/m0/s1. The van der Waals surface area contributed by atoms with Crippen LogP contribution in [-0.4, -0.2) is 44.4 Å². The number of hydrogen-bond acceptors (Lipinski definition) is 4. The van der Waals surface area contributed by atoms with E-state index in [1.807, 2.05) is 4.68 Å². The molecular formula is C16H21FN4O. The molecule has 3 rings (SSSR count). The minimum atomic E-state index is -0.578. The molecule has 0 bridgehead atoms. The summed E-state index contributed by atoms with van der Waals surface area (Å²) in [5.74, 6) is 0.248. The highest BCUT2D eigenvalue weighted by Crippen LogP contribution is 2.21. The van der Waals surface area contributed by atoms with E-state index < -0.39 is 6.10 Å². The highest BCUT2D eigenvalue weighted by atomic mass is 19.1. The van der Waals surface area contributed by atoms with Gasteiger partial charge >= 0.3 is 0 Å². The summed E-state index contributed by atoms with van der Waals surface area (Å²) in [6, 6.07) is 6.08. The molecule has 6 heteroatoms. The minimum absolute atomic E-state index is 0.276. The molecule has 5 nitrogen and oxygen atoms in total. The number of aliphatic hydroxyl groups is 1. The number of likely N-dealkylation sites (tertiary alicyclic amines) is 1. The Kier molecular flexibility index (Phi) is 4.80. The third-order valence-corrected chi connectivity index (χ3v) is 4.20. The van der Waals surface area contributed by atoms with Crippen LogP contribution < -0.4 is 0 Å². The van der Waals surface area contributed by atoms with Crippen molar-refractivity contribution in [2.45, 2.75) is 25.5 Å². The molecule has 0 radical (unpaired) electrons. The van der Waals surface area contributed by atoms with Gasteiger partial charge in [-0.05, 0) is 43.0 Å². The van der Waals surface area contributed by atoms with Gasteiger partial charge in [-0.15, -0.1) is 0 Å². The van der Waals surface area contributed by atoms with E-state index in [1.165, 1.54) is 18.6 Å². The lowest BCUT2D eigenvalue weighted by atomic mass is 9.97. The second-order valence-electron chi connectivity index (χ2n) is 5.95. The maximum absolute atomic E-state index is 12.9. The molecule has 2 aromatic rings. The number of nitrogens with zero attached hydrogens (tertiary/aromatic N) is 4. The Labute approximate surface area is 129 Å². The van der Waals surface area contributed by atoms with Gasteiger partial charge in [-0.1, -0.05) is 12.1 Å². The Bertz CT molecular complexity index is 572. The van der Waals surface area contributed by atoms with Crippen LogP contribution in [-0.2, 0) is 6.54 Å². The van der Waals surface area contributed by atoms with Gasteiger partial charge in [-0.25, -0.2) is 9.37 Å². The van der Waals surface area contributed by atoms with Crippen LogP contribution in [0.15, 0.2) is 36.9 Å². The van der Waals surface area contributed by atoms with Crippen molar-refractivity contribution in [1.29, 1.82) is 0 Å². The minimum Gasteiger partial charge on any atom is -0.387 e. The summed E-state index contributed by atoms with van der Waals surface area (Å²) in [4.78, 5) is 6.25. The van der Waals surface area contributed by atoms with Gasteiger partial charge in [0.15, 0.2) is 0 Å². The molecule has 0 spiro atoms. The number of rotatable bonds is 5. The monoisotopic (exact) mass is 304 g/mol. The van der Waals surface area contributed by atoms with Crippen molar-refractivity contribution in [1.82, 2.24) is 19.7 Å². The number of aromatic nitrogens is 3. The number of hydrogen-bond donors (Lipinski definition) is 1. The van der Waals surface area contributed by atoms with E-state index in [9.17, 15) is 9.50 Å². The Morgan fingerprint density at radius 3 is 2.86 bits per heavy atom. The van der Waals surface area contributed by atoms with Gasteiger partial charge in [-0.3, -0.25) is 4.68 Å². The van der Waals surface area contributed by atoms with Crippen molar-refractivity contribution >= 4 is 0 Å². The molecule has 0 unspecified atom stereocenters. The van der Waals surface area contributed by atoms with Crippen LogP contribution in [0.3, 0.4) is 0 Å². The largest absolute Gasteiger partial charge is 0.387 e. The third kappa shape index (κ3) is 3.90. The fourth-order valence-corrected chi connectivity index (χ4v) is 3.09. The van der Waals surface area contributed by atoms with Crippen molar-refractivity contribution in [3.05, 3.63) is 48.3 Å². The van der Waals surface area contributed by atoms with Crippen LogP contribution in [0.2, 0.25) is 0 Å². The average molecular weight is 304 g/mol. The number of aliphatic hydroxyl groups excluding tert-OH is 1. The lowest BCUT2D eigenvalue weighted by Gasteiger charge is -2.33. The summed E-state index contributed by atoms with van der Waals surface area (Å²) < 4.78 is 14.8. The van der Waals surface area contributed by atoms with E-state index in [-0.39, 0.29) is 5.82 Å². The van der Waals surface area contributed by atoms with Crippen LogP contribution in [0.1, 0.15) is 24.5 Å². The zero-order valence-electron chi connectivity index (χ0n) is 12.5. The summed E-state index contributed by atoms with van der Waals surface area (Å²) in [6.45, 7) is 3.38. The molecule has 1 aromatic carbocycles. The molecule has 0 aliphatic carbocycles. The molecule has 0 amide bonds. The second kappa shape index (κ2) is 6.98. The first-order valence-electron chi connectivity index (χ1n) is 7.69. The molecule has 1 saturated heterocycles. The zero-order chi connectivity index (χ0) is 15.4. The Morgan fingerprint density at radius 2 is 2.14 bits per heavy atom. The summed E-state index contributed by atoms with van der Waals surface area (Å²) in [6.07, 6.45) is 5.01. The molecule has 1 aliphatic rings. The summed E-state index contributed by atoms with van der Waals surface area (Å²) in [7, 11) is 0. The molecular weight excluding hydrogens is 283 g/mol. The molecule has 118 valence electrons.